The summed E-state index contributed by atoms with van der Waals surface area (Å²) in [7, 11) is -3.94. The van der Waals surface area contributed by atoms with Crippen LogP contribution in [0.15, 0.2) is 17.0 Å². The van der Waals surface area contributed by atoms with E-state index in [0.29, 0.717) is 12.8 Å². The van der Waals surface area contributed by atoms with Gasteiger partial charge in [0, 0.05) is 12.1 Å². The van der Waals surface area contributed by atoms with Crippen molar-refractivity contribution in [1.29, 1.82) is 0 Å². The van der Waals surface area contributed by atoms with Gasteiger partial charge in [-0.05, 0) is 25.0 Å². The van der Waals surface area contributed by atoms with Gasteiger partial charge < -0.3 is 5.73 Å². The molecule has 0 bridgehead atoms. The lowest BCUT2D eigenvalue weighted by Gasteiger charge is -2.28. The number of nitrogens with one attached hydrogen (secondary N) is 1. The normalized spacial score (nSPS) is 17.5. The summed E-state index contributed by atoms with van der Waals surface area (Å²) in [5, 5.41) is -0.724. The fourth-order valence-corrected chi connectivity index (χ4v) is 4.67. The third-order valence-corrected chi connectivity index (χ3v) is 5.99. The van der Waals surface area contributed by atoms with E-state index in [1.807, 2.05) is 0 Å². The van der Waals surface area contributed by atoms with E-state index >= 15 is 0 Å². The van der Waals surface area contributed by atoms with E-state index in [0.717, 1.165) is 12.8 Å². The number of rotatable bonds is 4. The molecule has 0 saturated heterocycles. The van der Waals surface area contributed by atoms with E-state index in [9.17, 15) is 12.8 Å². The molecule has 1 aliphatic carbocycles. The van der Waals surface area contributed by atoms with Gasteiger partial charge >= 0.3 is 0 Å². The minimum absolute atomic E-state index is 0. The minimum atomic E-state index is -3.94. The predicted molar refractivity (Wildman–Crippen MR) is 84.2 cm³/mol. The van der Waals surface area contributed by atoms with Crippen LogP contribution in [0.3, 0.4) is 0 Å². The third kappa shape index (κ3) is 3.81. The molecule has 0 unspecified atom stereocenters. The number of halogens is 4. The second-order valence-electron chi connectivity index (χ2n) is 4.97. The number of hydrogen-bond acceptors (Lipinski definition) is 3. The van der Waals surface area contributed by atoms with E-state index in [4.69, 9.17) is 28.9 Å². The van der Waals surface area contributed by atoms with Crippen LogP contribution in [-0.4, -0.2) is 20.5 Å². The van der Waals surface area contributed by atoms with E-state index in [2.05, 4.69) is 4.72 Å². The summed E-state index contributed by atoms with van der Waals surface area (Å²) in [5.41, 5.74) is 5.02. The van der Waals surface area contributed by atoms with Gasteiger partial charge in [0.2, 0.25) is 10.0 Å². The molecule has 9 heteroatoms. The maximum Gasteiger partial charge on any atom is 0.242 e. The van der Waals surface area contributed by atoms with Gasteiger partial charge in [-0.25, -0.2) is 17.5 Å². The molecule has 1 aromatic rings. The topological polar surface area (TPSA) is 72.2 Å². The summed E-state index contributed by atoms with van der Waals surface area (Å²) in [5.74, 6) is -0.940. The smallest absolute Gasteiger partial charge is 0.242 e. The molecule has 1 fully saturated rings. The highest BCUT2D eigenvalue weighted by molar-refractivity contribution is 7.89. The first-order valence-electron chi connectivity index (χ1n) is 6.19. The number of nitrogens with two attached hydrogens (primary N) is 1. The molecule has 21 heavy (non-hydrogen) atoms. The summed E-state index contributed by atoms with van der Waals surface area (Å²) in [6, 6.07) is 2.36. The molecule has 3 N–H and O–H groups in total. The van der Waals surface area contributed by atoms with Crippen molar-refractivity contribution in [1.82, 2.24) is 4.72 Å². The van der Waals surface area contributed by atoms with E-state index in [1.54, 1.807) is 0 Å². The molecule has 0 aromatic heterocycles. The van der Waals surface area contributed by atoms with Crippen LogP contribution < -0.4 is 10.5 Å². The summed E-state index contributed by atoms with van der Waals surface area (Å²) in [6.07, 6.45) is 3.14. The Morgan fingerprint density at radius 3 is 2.38 bits per heavy atom. The van der Waals surface area contributed by atoms with Gasteiger partial charge in [0.25, 0.3) is 0 Å². The lowest BCUT2D eigenvalue weighted by molar-refractivity contribution is 0.399. The quantitative estimate of drug-likeness (QED) is 0.792. The first kappa shape index (κ1) is 18.9. The van der Waals surface area contributed by atoms with Gasteiger partial charge in [-0.2, -0.15) is 0 Å². The van der Waals surface area contributed by atoms with Crippen molar-refractivity contribution in [3.63, 3.8) is 0 Å². The molecular formula is C12H16Cl3FN2O2S. The summed E-state index contributed by atoms with van der Waals surface area (Å²) in [4.78, 5) is -0.319. The highest BCUT2D eigenvalue weighted by Gasteiger charge is 2.37. The van der Waals surface area contributed by atoms with Crippen LogP contribution in [0.5, 0.6) is 0 Å². The highest BCUT2D eigenvalue weighted by Crippen LogP contribution is 2.33. The van der Waals surface area contributed by atoms with Gasteiger partial charge in [-0.3, -0.25) is 0 Å². The first-order valence-corrected chi connectivity index (χ1v) is 8.43. The van der Waals surface area contributed by atoms with Crippen molar-refractivity contribution in [2.75, 3.05) is 6.54 Å². The van der Waals surface area contributed by atoms with Crippen LogP contribution in [0.2, 0.25) is 10.0 Å². The Hall–Kier alpha value is -0.110. The van der Waals surface area contributed by atoms with Crippen LogP contribution >= 0.6 is 35.6 Å². The van der Waals surface area contributed by atoms with Crippen molar-refractivity contribution in [3.05, 3.63) is 28.0 Å². The Kier molecular flexibility index (Phi) is 6.29. The van der Waals surface area contributed by atoms with Crippen molar-refractivity contribution < 1.29 is 12.8 Å². The molecule has 0 atom stereocenters. The predicted octanol–water partition coefficient (Wildman–Crippen LogP) is 3.10. The molecule has 1 aromatic carbocycles. The fraction of sp³-hybridized carbons (Fsp3) is 0.500. The Bertz CT molecular complexity index is 619. The van der Waals surface area contributed by atoms with Gasteiger partial charge in [0.05, 0.1) is 10.0 Å². The maximum absolute atomic E-state index is 13.6. The Morgan fingerprint density at radius 2 is 1.86 bits per heavy atom. The molecule has 1 aliphatic rings. The standard InChI is InChI=1S/C12H15Cl2FN2O2S.ClH/c13-8-3-4-9(10(14)11(8)15)20(18,19)17-12(7-16)5-1-2-6-12;/h3-4,17H,1-2,5-7,16H2;1H. The van der Waals surface area contributed by atoms with Gasteiger partial charge in [0.15, 0.2) is 5.82 Å². The number of benzene rings is 1. The van der Waals surface area contributed by atoms with Crippen LogP contribution in [0, 0.1) is 5.82 Å². The maximum atomic E-state index is 13.6. The van der Waals surface area contributed by atoms with Gasteiger partial charge in [-0.15, -0.1) is 12.4 Å². The number of sulfonamides is 1. The molecule has 120 valence electrons. The van der Waals surface area contributed by atoms with Gasteiger partial charge in [-0.1, -0.05) is 36.0 Å². The Morgan fingerprint density at radius 1 is 1.29 bits per heavy atom. The highest BCUT2D eigenvalue weighted by atomic mass is 35.5. The van der Waals surface area contributed by atoms with Crippen molar-refractivity contribution >= 4 is 45.6 Å². The third-order valence-electron chi connectivity index (χ3n) is 3.59. The largest absolute Gasteiger partial charge is 0.329 e. The molecule has 2 rings (SSSR count). The van der Waals surface area contributed by atoms with Crippen molar-refractivity contribution in [2.24, 2.45) is 5.73 Å². The van der Waals surface area contributed by atoms with Gasteiger partial charge in [0.1, 0.15) is 4.90 Å². The molecule has 0 amide bonds. The van der Waals surface area contributed by atoms with E-state index in [-0.39, 0.29) is 28.9 Å². The Balaban J connectivity index is 0.00000220. The lowest BCUT2D eigenvalue weighted by Crippen LogP contribution is -2.51. The van der Waals surface area contributed by atoms with E-state index in [1.165, 1.54) is 12.1 Å². The molecule has 4 nitrogen and oxygen atoms in total. The fourth-order valence-electron chi connectivity index (χ4n) is 2.46. The van der Waals surface area contributed by atoms with Crippen molar-refractivity contribution in [3.8, 4) is 0 Å². The molecule has 0 heterocycles. The summed E-state index contributed by atoms with van der Waals surface area (Å²) in [6.45, 7) is 0.194. The monoisotopic (exact) mass is 376 g/mol. The average Bonchev–Trinajstić information content (AvgIpc) is 2.84. The lowest BCUT2D eigenvalue weighted by atomic mass is 10.0. The second kappa shape index (κ2) is 6.98. The first-order chi connectivity index (χ1) is 9.31. The van der Waals surface area contributed by atoms with Crippen LogP contribution in [-0.2, 0) is 10.0 Å². The Labute approximate surface area is 139 Å². The van der Waals surface area contributed by atoms with Crippen LogP contribution in [0.1, 0.15) is 25.7 Å². The van der Waals surface area contributed by atoms with Crippen molar-refractivity contribution in [2.45, 2.75) is 36.1 Å². The van der Waals surface area contributed by atoms with E-state index < -0.39 is 26.4 Å². The molecule has 0 spiro atoms. The second-order valence-corrected chi connectivity index (χ2v) is 7.41. The number of hydrogen-bond donors (Lipinski definition) is 2. The molecule has 0 radical (unpaired) electrons. The zero-order chi connectivity index (χ0) is 15.0. The van der Waals surface area contributed by atoms with Crippen LogP contribution in [0.4, 0.5) is 4.39 Å². The van der Waals surface area contributed by atoms with Crippen LogP contribution in [0.25, 0.3) is 0 Å². The summed E-state index contributed by atoms with van der Waals surface area (Å²) >= 11 is 11.3. The SMILES string of the molecule is Cl.NCC1(NS(=O)(=O)c2ccc(Cl)c(F)c2Cl)CCCC1. The zero-order valence-electron chi connectivity index (χ0n) is 11.0. The summed E-state index contributed by atoms with van der Waals surface area (Å²) < 4.78 is 41.0. The average molecular weight is 378 g/mol. The molecular weight excluding hydrogens is 362 g/mol. The molecule has 0 aliphatic heterocycles. The molecule has 1 saturated carbocycles. The minimum Gasteiger partial charge on any atom is -0.329 e. The zero-order valence-corrected chi connectivity index (χ0v) is 14.2.